The Labute approximate surface area is 95.9 Å². The Kier molecular flexibility index (Phi) is 2.78. The summed E-state index contributed by atoms with van der Waals surface area (Å²) < 4.78 is 0. The number of hydrogen-bond donors (Lipinski definition) is 0. The van der Waals surface area contributed by atoms with E-state index in [0.717, 1.165) is 24.0 Å². The molecule has 0 spiro atoms. The number of Topliss-reactive ketones (excluding diaryl/α,β-unsaturated/α-hetero) is 1. The Bertz CT molecular complexity index is 458. The van der Waals surface area contributed by atoms with E-state index in [9.17, 15) is 4.79 Å². The number of benzene rings is 1. The highest BCUT2D eigenvalue weighted by atomic mass is 16.1. The Morgan fingerprint density at radius 3 is 2.94 bits per heavy atom. The molecule has 0 aromatic heterocycles. The van der Waals surface area contributed by atoms with Gasteiger partial charge >= 0.3 is 0 Å². The van der Waals surface area contributed by atoms with Crippen molar-refractivity contribution in [2.45, 2.75) is 32.6 Å². The molecule has 0 saturated heterocycles. The van der Waals surface area contributed by atoms with E-state index in [0.29, 0.717) is 12.8 Å². The Hall–Kier alpha value is -1.62. The maximum atomic E-state index is 12.3. The minimum atomic E-state index is -0.329. The molecule has 2 heteroatoms. The van der Waals surface area contributed by atoms with Crippen molar-refractivity contribution in [3.8, 4) is 6.07 Å². The highest BCUT2D eigenvalue weighted by molar-refractivity contribution is 6.02. The number of carbonyl (C=O) groups is 1. The van der Waals surface area contributed by atoms with Crippen LogP contribution in [0, 0.1) is 16.7 Å². The molecule has 0 fully saturated rings. The number of carbonyl (C=O) groups excluding carboxylic acids is 1. The third-order valence-electron chi connectivity index (χ3n) is 3.54. The van der Waals surface area contributed by atoms with Crippen LogP contribution >= 0.6 is 0 Å². The van der Waals surface area contributed by atoms with Crippen LogP contribution in [0.5, 0.6) is 0 Å². The van der Waals surface area contributed by atoms with Gasteiger partial charge < -0.3 is 0 Å². The molecule has 2 nitrogen and oxygen atoms in total. The quantitative estimate of drug-likeness (QED) is 0.757. The van der Waals surface area contributed by atoms with E-state index in [1.165, 1.54) is 0 Å². The summed E-state index contributed by atoms with van der Waals surface area (Å²) in [6, 6.07) is 9.95. The fourth-order valence-corrected chi connectivity index (χ4v) is 2.38. The van der Waals surface area contributed by atoms with Crippen molar-refractivity contribution in [1.29, 1.82) is 5.26 Å². The monoisotopic (exact) mass is 213 g/mol. The van der Waals surface area contributed by atoms with Gasteiger partial charge in [0.15, 0.2) is 5.78 Å². The molecule has 0 heterocycles. The highest BCUT2D eigenvalue weighted by Crippen LogP contribution is 2.38. The smallest absolute Gasteiger partial charge is 0.169 e. The minimum absolute atomic E-state index is 0.213. The maximum Gasteiger partial charge on any atom is 0.169 e. The molecule has 0 bridgehead atoms. The lowest BCUT2D eigenvalue weighted by atomic mass is 9.69. The summed E-state index contributed by atoms with van der Waals surface area (Å²) in [5.41, 5.74) is 1.68. The van der Waals surface area contributed by atoms with E-state index in [-0.39, 0.29) is 11.2 Å². The lowest BCUT2D eigenvalue weighted by molar-refractivity contribution is 0.0772. The van der Waals surface area contributed by atoms with Crippen LogP contribution in [0.4, 0.5) is 0 Å². The van der Waals surface area contributed by atoms with Gasteiger partial charge in [-0.1, -0.05) is 31.2 Å². The average molecular weight is 213 g/mol. The molecule has 1 aliphatic rings. The Morgan fingerprint density at radius 2 is 2.19 bits per heavy atom. The lowest BCUT2D eigenvalue weighted by Crippen LogP contribution is -2.33. The van der Waals surface area contributed by atoms with Crippen molar-refractivity contribution >= 4 is 5.78 Å². The summed E-state index contributed by atoms with van der Waals surface area (Å²) in [6.07, 6.45) is 2.95. The SMILES string of the molecule is CC1(CCC#N)CCc2ccccc2C1=O. The molecule has 1 aliphatic carbocycles. The zero-order valence-corrected chi connectivity index (χ0v) is 9.49. The van der Waals surface area contributed by atoms with Crippen molar-refractivity contribution in [3.05, 3.63) is 35.4 Å². The van der Waals surface area contributed by atoms with Crippen molar-refractivity contribution in [2.75, 3.05) is 0 Å². The number of hydrogen-bond acceptors (Lipinski definition) is 2. The van der Waals surface area contributed by atoms with Gasteiger partial charge in [-0.3, -0.25) is 4.79 Å². The van der Waals surface area contributed by atoms with Crippen molar-refractivity contribution < 1.29 is 4.79 Å². The van der Waals surface area contributed by atoms with Gasteiger partial charge in [-0.2, -0.15) is 5.26 Å². The lowest BCUT2D eigenvalue weighted by Gasteiger charge is -2.32. The molecule has 82 valence electrons. The van der Waals surface area contributed by atoms with Crippen molar-refractivity contribution in [1.82, 2.24) is 0 Å². The van der Waals surface area contributed by atoms with E-state index in [4.69, 9.17) is 5.26 Å². The first-order valence-corrected chi connectivity index (χ1v) is 5.67. The average Bonchev–Trinajstić information content (AvgIpc) is 2.32. The molecule has 0 saturated carbocycles. The van der Waals surface area contributed by atoms with E-state index in [1.807, 2.05) is 31.2 Å². The molecule has 0 aliphatic heterocycles. The summed E-state index contributed by atoms with van der Waals surface area (Å²) in [4.78, 5) is 12.3. The number of ketones is 1. The largest absolute Gasteiger partial charge is 0.294 e. The first-order chi connectivity index (χ1) is 7.67. The van der Waals surface area contributed by atoms with Gasteiger partial charge in [0.05, 0.1) is 6.07 Å². The van der Waals surface area contributed by atoms with Gasteiger partial charge in [0, 0.05) is 17.4 Å². The maximum absolute atomic E-state index is 12.3. The number of fused-ring (bicyclic) bond motifs is 1. The third kappa shape index (κ3) is 1.74. The molecule has 1 atom stereocenters. The van der Waals surface area contributed by atoms with Gasteiger partial charge in [0.2, 0.25) is 0 Å². The standard InChI is InChI=1S/C14H15NO/c1-14(8-4-10-15)9-7-11-5-2-3-6-12(11)13(14)16/h2-3,5-6H,4,7-9H2,1H3. The van der Waals surface area contributed by atoms with Crippen molar-refractivity contribution in [2.24, 2.45) is 5.41 Å². The number of rotatable bonds is 2. The van der Waals surface area contributed by atoms with Crippen LogP contribution in [0.1, 0.15) is 42.1 Å². The first kappa shape index (κ1) is 10.9. The molecule has 1 unspecified atom stereocenters. The van der Waals surface area contributed by atoms with E-state index >= 15 is 0 Å². The second kappa shape index (κ2) is 4.09. The van der Waals surface area contributed by atoms with Crippen LogP contribution in [0.2, 0.25) is 0 Å². The second-order valence-corrected chi connectivity index (χ2v) is 4.71. The zero-order valence-electron chi connectivity index (χ0n) is 9.49. The van der Waals surface area contributed by atoms with Crippen LogP contribution in [0.3, 0.4) is 0 Å². The van der Waals surface area contributed by atoms with Crippen LogP contribution < -0.4 is 0 Å². The molecule has 16 heavy (non-hydrogen) atoms. The highest BCUT2D eigenvalue weighted by Gasteiger charge is 2.37. The van der Waals surface area contributed by atoms with E-state index in [2.05, 4.69) is 6.07 Å². The van der Waals surface area contributed by atoms with Gasteiger partial charge in [0.25, 0.3) is 0 Å². The van der Waals surface area contributed by atoms with Gasteiger partial charge in [0.1, 0.15) is 0 Å². The minimum Gasteiger partial charge on any atom is -0.294 e. The molecular weight excluding hydrogens is 198 g/mol. The molecule has 1 aromatic rings. The van der Waals surface area contributed by atoms with Crippen LogP contribution in [0.25, 0.3) is 0 Å². The molecule has 0 N–H and O–H groups in total. The third-order valence-corrected chi connectivity index (χ3v) is 3.54. The van der Waals surface area contributed by atoms with Gasteiger partial charge in [-0.15, -0.1) is 0 Å². The molecule has 0 radical (unpaired) electrons. The predicted molar refractivity (Wildman–Crippen MR) is 62.0 cm³/mol. The topological polar surface area (TPSA) is 40.9 Å². The normalized spacial score (nSPS) is 23.6. The molecule has 1 aromatic carbocycles. The summed E-state index contributed by atoms with van der Waals surface area (Å²) in [7, 11) is 0. The fourth-order valence-electron chi connectivity index (χ4n) is 2.38. The van der Waals surface area contributed by atoms with E-state index < -0.39 is 0 Å². The summed E-state index contributed by atoms with van der Waals surface area (Å²) in [5.74, 6) is 0.213. The molecule has 0 amide bonds. The Morgan fingerprint density at radius 1 is 1.44 bits per heavy atom. The van der Waals surface area contributed by atoms with Crippen LogP contribution in [0.15, 0.2) is 24.3 Å². The zero-order chi connectivity index (χ0) is 11.6. The summed E-state index contributed by atoms with van der Waals surface area (Å²) in [5, 5.41) is 8.63. The number of nitriles is 1. The van der Waals surface area contributed by atoms with Crippen LogP contribution in [-0.2, 0) is 6.42 Å². The fraction of sp³-hybridized carbons (Fsp3) is 0.429. The number of nitrogens with zero attached hydrogens (tertiary/aromatic N) is 1. The van der Waals surface area contributed by atoms with Crippen molar-refractivity contribution in [3.63, 3.8) is 0 Å². The van der Waals surface area contributed by atoms with Gasteiger partial charge in [-0.05, 0) is 24.8 Å². The summed E-state index contributed by atoms with van der Waals surface area (Å²) in [6.45, 7) is 1.99. The summed E-state index contributed by atoms with van der Waals surface area (Å²) >= 11 is 0. The van der Waals surface area contributed by atoms with Gasteiger partial charge in [-0.25, -0.2) is 0 Å². The first-order valence-electron chi connectivity index (χ1n) is 5.67. The number of aryl methyl sites for hydroxylation is 1. The Balaban J connectivity index is 2.31. The second-order valence-electron chi connectivity index (χ2n) is 4.71. The van der Waals surface area contributed by atoms with Crippen LogP contribution in [-0.4, -0.2) is 5.78 Å². The molecule has 2 rings (SSSR count). The predicted octanol–water partition coefficient (Wildman–Crippen LogP) is 3.13. The van der Waals surface area contributed by atoms with E-state index in [1.54, 1.807) is 0 Å². The molecular formula is C14H15NO.